The van der Waals surface area contributed by atoms with Crippen LogP contribution in [0.2, 0.25) is 0 Å². The molecule has 3 aromatic heterocycles. The summed E-state index contributed by atoms with van der Waals surface area (Å²) in [5.74, 6) is 0.263. The molecule has 0 amide bonds. The lowest BCUT2D eigenvalue weighted by Gasteiger charge is -2.33. The van der Waals surface area contributed by atoms with Crippen molar-refractivity contribution in [2.45, 2.75) is 38.5 Å². The van der Waals surface area contributed by atoms with Gasteiger partial charge in [0.1, 0.15) is 0 Å². The molecule has 8 aromatic carbocycles. The van der Waals surface area contributed by atoms with E-state index in [1.54, 1.807) is 0 Å². The van der Waals surface area contributed by atoms with Crippen LogP contribution in [0.4, 0.5) is 5.69 Å². The molecule has 4 heterocycles. The van der Waals surface area contributed by atoms with Gasteiger partial charge in [-0.2, -0.15) is 0 Å². The Morgan fingerprint density at radius 1 is 0.571 bits per heavy atom. The molecule has 0 saturated carbocycles. The fourth-order valence-electron chi connectivity index (χ4n) is 11.4. The Labute approximate surface area is 370 Å². The highest BCUT2D eigenvalue weighted by atomic mass is 32.1. The van der Waals surface area contributed by atoms with Crippen LogP contribution in [-0.4, -0.2) is 15.3 Å². The second kappa shape index (κ2) is 13.7. The van der Waals surface area contributed by atoms with E-state index < -0.39 is 0 Å². The SMILES string of the molecule is CCC1C(c2ccncc2)=Nc2c(sc3ccc(-c4cccc5c4-c4ccccc4C5(C)C)cc23)C1c1ccc(-n2c3ccccc3c3cc4ccccc4cc32)c2ccccc12. The predicted octanol–water partition coefficient (Wildman–Crippen LogP) is 16.0. The van der Waals surface area contributed by atoms with Crippen LogP contribution in [0, 0.1) is 5.92 Å². The molecule has 2 atom stereocenters. The minimum Gasteiger partial charge on any atom is -0.309 e. The maximum Gasteiger partial charge on any atom is 0.0857 e. The molecule has 0 N–H and O–H groups in total. The van der Waals surface area contributed by atoms with Crippen LogP contribution in [0.5, 0.6) is 0 Å². The first-order valence-electron chi connectivity index (χ1n) is 22.2. The first-order valence-corrected chi connectivity index (χ1v) is 23.0. The zero-order chi connectivity index (χ0) is 42.0. The van der Waals surface area contributed by atoms with Crippen LogP contribution in [0.15, 0.2) is 187 Å². The Bertz CT molecular complexity index is 3720. The number of nitrogens with zero attached hydrogens (tertiary/aromatic N) is 3. The highest BCUT2D eigenvalue weighted by Gasteiger charge is 2.39. The molecule has 2 aliphatic rings. The van der Waals surface area contributed by atoms with Gasteiger partial charge in [-0.3, -0.25) is 9.98 Å². The lowest BCUT2D eigenvalue weighted by Crippen LogP contribution is -2.26. The van der Waals surface area contributed by atoms with Gasteiger partial charge in [0.2, 0.25) is 0 Å². The number of aliphatic imine (C=N–C) groups is 1. The molecule has 4 heteroatoms. The van der Waals surface area contributed by atoms with Crippen molar-refractivity contribution in [2.24, 2.45) is 10.9 Å². The first-order chi connectivity index (χ1) is 31.0. The highest BCUT2D eigenvalue weighted by Crippen LogP contribution is 2.56. The summed E-state index contributed by atoms with van der Waals surface area (Å²) in [6.45, 7) is 7.06. The molecule has 0 saturated heterocycles. The summed E-state index contributed by atoms with van der Waals surface area (Å²) < 4.78 is 3.77. The topological polar surface area (TPSA) is 30.2 Å². The Kier molecular flexibility index (Phi) is 7.93. The van der Waals surface area contributed by atoms with E-state index in [4.69, 9.17) is 4.99 Å². The number of thiophene rings is 1. The van der Waals surface area contributed by atoms with Crippen molar-refractivity contribution in [3.05, 3.63) is 209 Å². The van der Waals surface area contributed by atoms with Gasteiger partial charge in [-0.1, -0.05) is 142 Å². The van der Waals surface area contributed by atoms with Crippen LogP contribution in [0.1, 0.15) is 60.2 Å². The normalized spacial score (nSPS) is 16.5. The number of hydrogen-bond acceptors (Lipinski definition) is 3. The lowest BCUT2D eigenvalue weighted by atomic mass is 9.75. The molecular weight excluding hydrogens is 783 g/mol. The van der Waals surface area contributed by atoms with Gasteiger partial charge in [0, 0.05) is 60.8 Å². The van der Waals surface area contributed by atoms with Gasteiger partial charge in [0.15, 0.2) is 0 Å². The van der Waals surface area contributed by atoms with Gasteiger partial charge in [-0.05, 0) is 116 Å². The zero-order valence-electron chi connectivity index (χ0n) is 35.4. The van der Waals surface area contributed by atoms with Gasteiger partial charge in [-0.15, -0.1) is 11.3 Å². The summed E-state index contributed by atoms with van der Waals surface area (Å²) in [5, 5.41) is 8.81. The van der Waals surface area contributed by atoms with Gasteiger partial charge in [-0.25, -0.2) is 0 Å². The van der Waals surface area contributed by atoms with Crippen molar-refractivity contribution >= 4 is 76.2 Å². The molecule has 0 radical (unpaired) electrons. The van der Waals surface area contributed by atoms with Crippen molar-refractivity contribution in [3.8, 4) is 27.9 Å². The zero-order valence-corrected chi connectivity index (χ0v) is 36.2. The van der Waals surface area contributed by atoms with Crippen molar-refractivity contribution in [1.29, 1.82) is 0 Å². The molecule has 0 fully saturated rings. The van der Waals surface area contributed by atoms with Crippen molar-refractivity contribution in [1.82, 2.24) is 9.55 Å². The van der Waals surface area contributed by atoms with Crippen LogP contribution in [0.3, 0.4) is 0 Å². The van der Waals surface area contributed by atoms with E-state index in [0.717, 1.165) is 23.4 Å². The Balaban J connectivity index is 1.04. The van der Waals surface area contributed by atoms with E-state index in [1.807, 2.05) is 23.7 Å². The second-order valence-electron chi connectivity index (χ2n) is 17.9. The fraction of sp³-hybridized carbons (Fsp3) is 0.119. The van der Waals surface area contributed by atoms with Gasteiger partial charge >= 0.3 is 0 Å². The molecule has 300 valence electrons. The summed E-state index contributed by atoms with van der Waals surface area (Å²) >= 11 is 1.93. The molecule has 2 unspecified atom stereocenters. The third-order valence-corrected chi connectivity index (χ3v) is 15.6. The molecule has 13 rings (SSSR count). The molecule has 0 bridgehead atoms. The predicted molar refractivity (Wildman–Crippen MR) is 267 cm³/mol. The van der Waals surface area contributed by atoms with Crippen LogP contribution in [0.25, 0.3) is 81.4 Å². The van der Waals surface area contributed by atoms with Crippen molar-refractivity contribution in [2.75, 3.05) is 0 Å². The van der Waals surface area contributed by atoms with E-state index in [2.05, 4.69) is 200 Å². The van der Waals surface area contributed by atoms with Crippen LogP contribution in [-0.2, 0) is 5.41 Å². The monoisotopic (exact) mass is 825 g/mol. The Morgan fingerprint density at radius 3 is 2.13 bits per heavy atom. The Hall–Kier alpha value is -7.14. The average molecular weight is 826 g/mol. The lowest BCUT2D eigenvalue weighted by molar-refractivity contribution is 0.588. The number of hydrogen-bond donors (Lipinski definition) is 0. The third kappa shape index (κ3) is 5.25. The van der Waals surface area contributed by atoms with E-state index in [9.17, 15) is 0 Å². The number of pyridine rings is 1. The standard InChI is InChI=1S/C59H43N3S/c1-4-39-55(44-25-26-51(42-17-8-7-16-41(42)44)62-50-23-12-10-18-43(50)46-32-36-14-5-6-15-37(36)34-52(46)62)58-57(61-56(39)35-28-30-60-31-29-35)47-33-38(24-27-53(47)63-58)40-20-13-22-49-54(40)45-19-9-11-21-48(45)59(49,2)3/h5-34,39,55H,4H2,1-3H3. The Morgan fingerprint density at radius 2 is 1.29 bits per heavy atom. The maximum atomic E-state index is 5.72. The number of para-hydroxylation sites is 1. The van der Waals surface area contributed by atoms with E-state index in [0.29, 0.717) is 0 Å². The summed E-state index contributed by atoms with van der Waals surface area (Å²) in [6.07, 6.45) is 4.77. The maximum absolute atomic E-state index is 5.72. The molecule has 63 heavy (non-hydrogen) atoms. The van der Waals surface area contributed by atoms with E-state index >= 15 is 0 Å². The molecule has 1 aliphatic carbocycles. The highest BCUT2D eigenvalue weighted by molar-refractivity contribution is 7.20. The van der Waals surface area contributed by atoms with Gasteiger partial charge in [0.05, 0.1) is 28.1 Å². The second-order valence-corrected chi connectivity index (χ2v) is 19.0. The molecular formula is C59H43N3S. The van der Waals surface area contributed by atoms with Gasteiger partial charge < -0.3 is 4.57 Å². The quantitative estimate of drug-likeness (QED) is 0.170. The molecule has 11 aromatic rings. The minimum atomic E-state index is -0.0616. The number of benzene rings is 8. The first kappa shape index (κ1) is 36.5. The number of rotatable bonds is 5. The smallest absolute Gasteiger partial charge is 0.0857 e. The fourth-order valence-corrected chi connectivity index (χ4v) is 12.7. The largest absolute Gasteiger partial charge is 0.309 e. The van der Waals surface area contributed by atoms with Crippen LogP contribution < -0.4 is 0 Å². The molecule has 0 spiro atoms. The molecule has 3 nitrogen and oxygen atoms in total. The van der Waals surface area contributed by atoms with Crippen LogP contribution >= 0.6 is 11.3 Å². The summed E-state index contributed by atoms with van der Waals surface area (Å²) in [4.78, 5) is 11.5. The summed E-state index contributed by atoms with van der Waals surface area (Å²) in [7, 11) is 0. The third-order valence-electron chi connectivity index (χ3n) is 14.3. The van der Waals surface area contributed by atoms with Crippen molar-refractivity contribution < 1.29 is 0 Å². The number of fused-ring (bicyclic) bond motifs is 11. The van der Waals surface area contributed by atoms with Crippen molar-refractivity contribution in [3.63, 3.8) is 0 Å². The molecule has 1 aliphatic heterocycles. The number of aromatic nitrogens is 2. The summed E-state index contributed by atoms with van der Waals surface area (Å²) in [6, 6.07) is 63.5. The van der Waals surface area contributed by atoms with E-state index in [-0.39, 0.29) is 17.3 Å². The minimum absolute atomic E-state index is 0.0616. The average Bonchev–Trinajstić information content (AvgIpc) is 3.94. The summed E-state index contributed by atoms with van der Waals surface area (Å²) in [5.41, 5.74) is 16.3. The van der Waals surface area contributed by atoms with Gasteiger partial charge in [0.25, 0.3) is 0 Å². The van der Waals surface area contributed by atoms with E-state index in [1.165, 1.54) is 103 Å².